The van der Waals surface area contributed by atoms with E-state index in [0.717, 1.165) is 19.5 Å². The van der Waals surface area contributed by atoms with Gasteiger partial charge in [-0.05, 0) is 41.6 Å². The molecule has 1 atom stereocenters. The highest BCUT2D eigenvalue weighted by Gasteiger charge is 2.26. The van der Waals surface area contributed by atoms with Crippen molar-refractivity contribution in [1.29, 1.82) is 0 Å². The van der Waals surface area contributed by atoms with Crippen LogP contribution in [-0.2, 0) is 11.3 Å². The van der Waals surface area contributed by atoms with Crippen molar-refractivity contribution in [3.05, 3.63) is 48.0 Å². The van der Waals surface area contributed by atoms with Crippen molar-refractivity contribution < 1.29 is 4.79 Å². The second-order valence-electron chi connectivity index (χ2n) is 5.78. The van der Waals surface area contributed by atoms with Gasteiger partial charge in [0.25, 0.3) is 0 Å². The Morgan fingerprint density at radius 3 is 2.82 bits per heavy atom. The Kier molecular flexibility index (Phi) is 5.01. The average Bonchev–Trinajstić information content (AvgIpc) is 3.06. The van der Waals surface area contributed by atoms with E-state index in [2.05, 4.69) is 52.7 Å². The molecule has 2 aromatic carbocycles. The molecule has 22 heavy (non-hydrogen) atoms. The molecule has 1 heterocycles. The highest BCUT2D eigenvalue weighted by molar-refractivity contribution is 7.99. The predicted molar refractivity (Wildman–Crippen MR) is 94.2 cm³/mol. The van der Waals surface area contributed by atoms with Crippen LogP contribution in [0, 0.1) is 0 Å². The van der Waals surface area contributed by atoms with Crippen molar-refractivity contribution in [3.8, 4) is 0 Å². The zero-order chi connectivity index (χ0) is 15.4. The lowest BCUT2D eigenvalue weighted by Crippen LogP contribution is -2.42. The van der Waals surface area contributed by atoms with Crippen LogP contribution < -0.4 is 5.32 Å². The highest BCUT2D eigenvalue weighted by Crippen LogP contribution is 2.19. The van der Waals surface area contributed by atoms with Crippen molar-refractivity contribution >= 4 is 28.4 Å². The Bertz CT molecular complexity index is 652. The summed E-state index contributed by atoms with van der Waals surface area (Å²) < 4.78 is 0. The first kappa shape index (κ1) is 15.4. The molecule has 116 valence electrons. The van der Waals surface area contributed by atoms with Crippen LogP contribution in [0.4, 0.5) is 0 Å². The zero-order valence-electron chi connectivity index (χ0n) is 12.9. The molecule has 0 aliphatic carbocycles. The topological polar surface area (TPSA) is 32.3 Å². The molecule has 2 aromatic rings. The number of fused-ring (bicyclic) bond motifs is 1. The first-order chi connectivity index (χ1) is 10.8. The van der Waals surface area contributed by atoms with Gasteiger partial charge in [0, 0.05) is 19.1 Å². The molecule has 3 nitrogen and oxygen atoms in total. The van der Waals surface area contributed by atoms with Crippen LogP contribution in [0.1, 0.15) is 12.0 Å². The molecule has 0 aromatic heterocycles. The van der Waals surface area contributed by atoms with E-state index in [1.54, 1.807) is 11.8 Å². The number of carbonyl (C=O) groups excluding carboxylic acids is 1. The van der Waals surface area contributed by atoms with E-state index in [0.29, 0.717) is 18.3 Å². The number of thioether (sulfide) groups is 1. The lowest BCUT2D eigenvalue weighted by Gasteiger charge is -2.28. The van der Waals surface area contributed by atoms with Gasteiger partial charge in [-0.1, -0.05) is 36.4 Å². The number of hydrogen-bond donors (Lipinski definition) is 1. The maximum Gasteiger partial charge on any atom is 0.233 e. The third kappa shape index (κ3) is 3.45. The maximum absolute atomic E-state index is 12.5. The number of carbonyl (C=O) groups is 1. The largest absolute Gasteiger partial charge is 0.333 e. The number of nitrogens with one attached hydrogen (secondary N) is 1. The standard InChI is InChI=1S/C18H22N2OS/c1-22-13-18(21)20(17-8-9-19-11-17)12-14-6-7-15-4-2-3-5-16(15)10-14/h2-7,10,17,19H,8-9,11-13H2,1H3/t17-/m1/s1. The summed E-state index contributed by atoms with van der Waals surface area (Å²) >= 11 is 1.60. The zero-order valence-corrected chi connectivity index (χ0v) is 13.7. The van der Waals surface area contributed by atoms with Crippen molar-refractivity contribution in [1.82, 2.24) is 10.2 Å². The number of hydrogen-bond acceptors (Lipinski definition) is 3. The van der Waals surface area contributed by atoms with Crippen LogP contribution in [0.3, 0.4) is 0 Å². The monoisotopic (exact) mass is 314 g/mol. The van der Waals surface area contributed by atoms with Crippen LogP contribution in [-0.4, -0.2) is 41.9 Å². The van der Waals surface area contributed by atoms with Gasteiger partial charge >= 0.3 is 0 Å². The summed E-state index contributed by atoms with van der Waals surface area (Å²) in [6, 6.07) is 15.2. The molecule has 0 unspecified atom stereocenters. The van der Waals surface area contributed by atoms with Crippen LogP contribution in [0.25, 0.3) is 10.8 Å². The van der Waals surface area contributed by atoms with Gasteiger partial charge < -0.3 is 10.2 Å². The molecule has 0 saturated carbocycles. The molecular formula is C18H22N2OS. The smallest absolute Gasteiger partial charge is 0.233 e. The molecular weight excluding hydrogens is 292 g/mol. The minimum Gasteiger partial charge on any atom is -0.333 e. The second-order valence-corrected chi connectivity index (χ2v) is 6.65. The van der Waals surface area contributed by atoms with Crippen LogP contribution in [0.2, 0.25) is 0 Å². The van der Waals surface area contributed by atoms with Gasteiger partial charge in [0.1, 0.15) is 0 Å². The molecule has 0 spiro atoms. The normalized spacial score (nSPS) is 17.8. The summed E-state index contributed by atoms with van der Waals surface area (Å²) in [4.78, 5) is 14.5. The van der Waals surface area contributed by atoms with Crippen molar-refractivity contribution in [2.24, 2.45) is 0 Å². The summed E-state index contributed by atoms with van der Waals surface area (Å²) in [5.41, 5.74) is 1.21. The SMILES string of the molecule is CSCC(=O)N(Cc1ccc2ccccc2c1)[C@@H]1CCNC1. The van der Waals surface area contributed by atoms with Crippen LogP contribution in [0.15, 0.2) is 42.5 Å². The van der Waals surface area contributed by atoms with Gasteiger partial charge in [0.05, 0.1) is 5.75 Å². The van der Waals surface area contributed by atoms with Crippen molar-refractivity contribution in [3.63, 3.8) is 0 Å². The van der Waals surface area contributed by atoms with E-state index < -0.39 is 0 Å². The Labute approximate surface area is 136 Å². The number of benzene rings is 2. The molecule has 1 aliphatic heterocycles. The Morgan fingerprint density at radius 1 is 1.27 bits per heavy atom. The highest BCUT2D eigenvalue weighted by atomic mass is 32.2. The Hall–Kier alpha value is -1.52. The van der Waals surface area contributed by atoms with E-state index in [9.17, 15) is 4.79 Å². The Balaban J connectivity index is 1.82. The fourth-order valence-electron chi connectivity index (χ4n) is 3.07. The van der Waals surface area contributed by atoms with Crippen LogP contribution >= 0.6 is 11.8 Å². The summed E-state index contributed by atoms with van der Waals surface area (Å²) in [5, 5.41) is 5.85. The fourth-order valence-corrected chi connectivity index (χ4v) is 3.48. The van der Waals surface area contributed by atoms with Gasteiger partial charge in [-0.25, -0.2) is 0 Å². The van der Waals surface area contributed by atoms with Gasteiger partial charge in [0.2, 0.25) is 5.91 Å². The van der Waals surface area contributed by atoms with Gasteiger partial charge in [-0.2, -0.15) is 11.8 Å². The summed E-state index contributed by atoms with van der Waals surface area (Å²) in [5.74, 6) is 0.804. The van der Waals surface area contributed by atoms with Gasteiger partial charge in [0.15, 0.2) is 0 Å². The minimum absolute atomic E-state index is 0.245. The van der Waals surface area contributed by atoms with E-state index >= 15 is 0 Å². The van der Waals surface area contributed by atoms with E-state index in [4.69, 9.17) is 0 Å². The quantitative estimate of drug-likeness (QED) is 0.921. The number of rotatable bonds is 5. The van der Waals surface area contributed by atoms with Crippen LogP contribution in [0.5, 0.6) is 0 Å². The summed E-state index contributed by atoms with van der Waals surface area (Å²) in [6.45, 7) is 2.62. The molecule has 1 aliphatic rings. The maximum atomic E-state index is 12.5. The third-order valence-corrected chi connectivity index (χ3v) is 4.77. The van der Waals surface area contributed by atoms with Crippen molar-refractivity contribution in [2.75, 3.05) is 25.1 Å². The number of amides is 1. The van der Waals surface area contributed by atoms with Crippen molar-refractivity contribution in [2.45, 2.75) is 19.0 Å². The molecule has 3 rings (SSSR count). The Morgan fingerprint density at radius 2 is 2.09 bits per heavy atom. The molecule has 4 heteroatoms. The fraction of sp³-hybridized carbons (Fsp3) is 0.389. The summed E-state index contributed by atoms with van der Waals surface area (Å²) in [6.07, 6.45) is 3.03. The molecule has 1 N–H and O–H groups in total. The first-order valence-corrected chi connectivity index (χ1v) is 9.14. The third-order valence-electron chi connectivity index (χ3n) is 4.23. The van der Waals surface area contributed by atoms with E-state index in [1.165, 1.54) is 16.3 Å². The lowest BCUT2D eigenvalue weighted by molar-refractivity contribution is -0.131. The summed E-state index contributed by atoms with van der Waals surface area (Å²) in [7, 11) is 0. The molecule has 1 amide bonds. The minimum atomic E-state index is 0.245. The predicted octanol–water partition coefficient (Wildman–Crippen LogP) is 2.89. The molecule has 1 fully saturated rings. The molecule has 0 radical (unpaired) electrons. The number of nitrogens with zero attached hydrogens (tertiary/aromatic N) is 1. The lowest BCUT2D eigenvalue weighted by atomic mass is 10.1. The average molecular weight is 314 g/mol. The van der Waals surface area contributed by atoms with E-state index in [1.807, 2.05) is 6.26 Å². The second kappa shape index (κ2) is 7.16. The molecule has 0 bridgehead atoms. The van der Waals surface area contributed by atoms with Gasteiger partial charge in [-0.3, -0.25) is 4.79 Å². The van der Waals surface area contributed by atoms with E-state index in [-0.39, 0.29) is 5.91 Å². The van der Waals surface area contributed by atoms with Gasteiger partial charge in [-0.15, -0.1) is 0 Å². The molecule has 1 saturated heterocycles. The first-order valence-electron chi connectivity index (χ1n) is 7.75.